The van der Waals surface area contributed by atoms with Crippen molar-refractivity contribution in [2.24, 2.45) is 0 Å². The number of alkyl halides is 3. The zero-order chi connectivity index (χ0) is 23.9. The number of rotatable bonds is 7. The maximum Gasteiger partial charge on any atom is 0.422 e. The van der Waals surface area contributed by atoms with Crippen molar-refractivity contribution >= 4 is 11.6 Å². The molecule has 0 saturated heterocycles. The number of pyridine rings is 1. The minimum Gasteiger partial charge on any atom is -0.481 e. The Kier molecular flexibility index (Phi) is 8.74. The van der Waals surface area contributed by atoms with Crippen LogP contribution >= 0.6 is 0 Å². The Morgan fingerprint density at radius 3 is 2.50 bits per heavy atom. The van der Waals surface area contributed by atoms with Gasteiger partial charge in [0.25, 0.3) is 0 Å². The number of carbonyl (C=O) groups excluding carboxylic acids is 2. The van der Waals surface area contributed by atoms with E-state index in [0.29, 0.717) is 36.1 Å². The first-order chi connectivity index (χ1) is 15.0. The Hall–Kier alpha value is -2.97. The van der Waals surface area contributed by atoms with E-state index < -0.39 is 18.9 Å². The Morgan fingerprint density at radius 2 is 1.94 bits per heavy atom. The zero-order valence-corrected chi connectivity index (χ0v) is 18.1. The van der Waals surface area contributed by atoms with Crippen molar-refractivity contribution in [2.75, 3.05) is 6.61 Å². The molecule has 1 heterocycles. The van der Waals surface area contributed by atoms with Crippen LogP contribution < -0.4 is 9.47 Å². The second-order valence-electron chi connectivity index (χ2n) is 7.44. The molecule has 0 bridgehead atoms. The lowest BCUT2D eigenvalue weighted by Gasteiger charge is -2.15. The number of carbonyl (C=O) groups is 2. The highest BCUT2D eigenvalue weighted by atomic mass is 19.4. The number of ether oxygens (including phenoxy) is 2. The zero-order valence-electron chi connectivity index (χ0n) is 18.1. The molecular weight excluding hydrogens is 430 g/mol. The van der Waals surface area contributed by atoms with Crippen LogP contribution in [0.1, 0.15) is 54.6 Å². The summed E-state index contributed by atoms with van der Waals surface area (Å²) in [6, 6.07) is 5.94. The second-order valence-corrected chi connectivity index (χ2v) is 7.44. The van der Waals surface area contributed by atoms with E-state index >= 15 is 0 Å². The smallest absolute Gasteiger partial charge is 0.422 e. The van der Waals surface area contributed by atoms with Crippen LogP contribution in [0, 0.1) is 12.7 Å². The fourth-order valence-electron chi connectivity index (χ4n) is 3.10. The summed E-state index contributed by atoms with van der Waals surface area (Å²) in [5.74, 6) is -0.0877. The number of aryl methyl sites for hydroxylation is 1. The van der Waals surface area contributed by atoms with Crippen LogP contribution in [-0.4, -0.2) is 35.4 Å². The van der Waals surface area contributed by atoms with E-state index in [1.165, 1.54) is 31.3 Å². The molecule has 0 aliphatic heterocycles. The van der Waals surface area contributed by atoms with Gasteiger partial charge in [0.15, 0.2) is 24.3 Å². The number of nitrogens with zero attached hydrogens (tertiary/aromatic N) is 1. The maximum atomic E-state index is 13.2. The number of hydrogen-bond acceptors (Lipinski definition) is 5. The van der Waals surface area contributed by atoms with Crippen molar-refractivity contribution in [3.8, 4) is 11.6 Å². The molecule has 1 aliphatic rings. The van der Waals surface area contributed by atoms with E-state index in [1.807, 2.05) is 6.92 Å². The summed E-state index contributed by atoms with van der Waals surface area (Å²) in [6.45, 7) is 3.75. The monoisotopic (exact) mass is 455 g/mol. The predicted molar refractivity (Wildman–Crippen MR) is 110 cm³/mol. The number of ketones is 2. The molecule has 174 valence electrons. The van der Waals surface area contributed by atoms with Crippen LogP contribution in [0.4, 0.5) is 17.6 Å². The number of aromatic nitrogens is 1. The Balaban J connectivity index is 0.000000255. The van der Waals surface area contributed by atoms with Gasteiger partial charge < -0.3 is 9.47 Å². The minimum atomic E-state index is -4.41. The first kappa shape index (κ1) is 25.3. The number of fused-ring (bicyclic) bond motifs is 1. The molecule has 32 heavy (non-hydrogen) atoms. The highest BCUT2D eigenvalue weighted by Gasteiger charge is 2.28. The largest absolute Gasteiger partial charge is 0.481 e. The maximum absolute atomic E-state index is 13.2. The standard InChI is InChI=1S/C13H16F3NO3.C10H9FO/c1-3-4-11(9(2)18)20-10-5-6-12(17-7-10)19-8-13(14,15)16;1-6-4-8-7(9(11)5-6)2-3-10(8)12/h5-7,11H,3-4,8H2,1-2H3;4-5H,2-3H2,1H3/t11-;/m1./s1. The van der Waals surface area contributed by atoms with Gasteiger partial charge in [-0.1, -0.05) is 13.3 Å². The lowest BCUT2D eigenvalue weighted by molar-refractivity contribution is -0.154. The number of Topliss-reactive ketones (excluding diaryl/α,β-unsaturated/α-hetero) is 2. The van der Waals surface area contributed by atoms with Gasteiger partial charge in [-0.05, 0) is 56.0 Å². The normalized spacial score (nSPS) is 13.7. The first-order valence-electron chi connectivity index (χ1n) is 10.1. The number of halogens is 4. The van der Waals surface area contributed by atoms with Crippen molar-refractivity contribution < 1.29 is 36.6 Å². The summed E-state index contributed by atoms with van der Waals surface area (Å²) in [4.78, 5) is 26.2. The topological polar surface area (TPSA) is 65.5 Å². The third kappa shape index (κ3) is 7.62. The van der Waals surface area contributed by atoms with Gasteiger partial charge in [-0.25, -0.2) is 9.37 Å². The lowest BCUT2D eigenvalue weighted by Crippen LogP contribution is -2.24. The van der Waals surface area contributed by atoms with Gasteiger partial charge in [0.1, 0.15) is 11.6 Å². The first-order valence-corrected chi connectivity index (χ1v) is 10.1. The summed E-state index contributed by atoms with van der Waals surface area (Å²) in [6.07, 6.45) is -1.35. The van der Waals surface area contributed by atoms with Gasteiger partial charge in [-0.3, -0.25) is 9.59 Å². The molecule has 0 N–H and O–H groups in total. The summed E-state index contributed by atoms with van der Waals surface area (Å²) in [5.41, 5.74) is 2.01. The fraction of sp³-hybridized carbons (Fsp3) is 0.435. The molecule has 0 unspecified atom stereocenters. The quantitative estimate of drug-likeness (QED) is 0.522. The minimum absolute atomic E-state index is 0.0765. The molecule has 1 aliphatic carbocycles. The van der Waals surface area contributed by atoms with Crippen LogP contribution in [0.2, 0.25) is 0 Å². The van der Waals surface area contributed by atoms with E-state index in [4.69, 9.17) is 4.74 Å². The molecule has 0 amide bonds. The molecule has 0 spiro atoms. The van der Waals surface area contributed by atoms with E-state index in [-0.39, 0.29) is 23.3 Å². The molecule has 0 radical (unpaired) electrons. The van der Waals surface area contributed by atoms with E-state index in [1.54, 1.807) is 13.0 Å². The number of hydrogen-bond donors (Lipinski definition) is 0. The molecule has 1 aromatic carbocycles. The molecule has 1 aromatic heterocycles. The molecule has 0 fully saturated rings. The highest BCUT2D eigenvalue weighted by Crippen LogP contribution is 2.25. The Labute approximate surface area is 183 Å². The number of benzene rings is 1. The van der Waals surface area contributed by atoms with Gasteiger partial charge in [-0.2, -0.15) is 13.2 Å². The van der Waals surface area contributed by atoms with Gasteiger partial charge >= 0.3 is 6.18 Å². The fourth-order valence-corrected chi connectivity index (χ4v) is 3.10. The molecule has 3 rings (SSSR count). The van der Waals surface area contributed by atoms with Crippen molar-refractivity contribution in [3.63, 3.8) is 0 Å². The molecule has 1 atom stereocenters. The summed E-state index contributed by atoms with van der Waals surface area (Å²) < 4.78 is 58.9. The van der Waals surface area contributed by atoms with Crippen molar-refractivity contribution in [1.29, 1.82) is 0 Å². The average Bonchev–Trinajstić information content (AvgIpc) is 3.08. The summed E-state index contributed by atoms with van der Waals surface area (Å²) in [7, 11) is 0. The third-order valence-electron chi connectivity index (χ3n) is 4.62. The van der Waals surface area contributed by atoms with Crippen LogP contribution in [0.25, 0.3) is 0 Å². The van der Waals surface area contributed by atoms with Crippen LogP contribution in [0.5, 0.6) is 11.6 Å². The van der Waals surface area contributed by atoms with Gasteiger partial charge in [0.05, 0.1) is 6.20 Å². The highest BCUT2D eigenvalue weighted by molar-refractivity contribution is 6.00. The van der Waals surface area contributed by atoms with E-state index in [0.717, 1.165) is 12.0 Å². The van der Waals surface area contributed by atoms with Gasteiger partial charge in [0, 0.05) is 18.1 Å². The lowest BCUT2D eigenvalue weighted by atomic mass is 10.1. The summed E-state index contributed by atoms with van der Waals surface area (Å²) in [5, 5.41) is 0. The molecule has 2 aromatic rings. The SMILES string of the molecule is CCC[C@@H](Oc1ccc(OCC(F)(F)F)nc1)C(C)=O.Cc1cc(F)c2c(c1)C(=O)CC2. The van der Waals surface area contributed by atoms with Crippen LogP contribution in [0.15, 0.2) is 30.5 Å². The van der Waals surface area contributed by atoms with Gasteiger partial charge in [0.2, 0.25) is 5.88 Å². The predicted octanol–water partition coefficient (Wildman–Crippen LogP) is 5.42. The Bertz CT molecular complexity index is 942. The van der Waals surface area contributed by atoms with E-state index in [2.05, 4.69) is 9.72 Å². The molecular formula is C23H25F4NO4. The third-order valence-corrected chi connectivity index (χ3v) is 4.62. The molecule has 5 nitrogen and oxygen atoms in total. The van der Waals surface area contributed by atoms with Crippen LogP contribution in [-0.2, 0) is 11.2 Å². The van der Waals surface area contributed by atoms with Crippen molar-refractivity contribution in [2.45, 2.75) is 58.7 Å². The second kappa shape index (κ2) is 11.1. The van der Waals surface area contributed by atoms with Crippen LogP contribution in [0.3, 0.4) is 0 Å². The Morgan fingerprint density at radius 1 is 1.22 bits per heavy atom. The average molecular weight is 455 g/mol. The summed E-state index contributed by atoms with van der Waals surface area (Å²) >= 11 is 0. The molecule has 9 heteroatoms. The van der Waals surface area contributed by atoms with Crippen molar-refractivity contribution in [1.82, 2.24) is 4.98 Å². The van der Waals surface area contributed by atoms with Gasteiger partial charge in [-0.15, -0.1) is 0 Å². The molecule has 0 saturated carbocycles. The van der Waals surface area contributed by atoms with E-state index in [9.17, 15) is 27.2 Å². The van der Waals surface area contributed by atoms with Crippen molar-refractivity contribution in [3.05, 3.63) is 53.0 Å².